The molecule has 8 heteroatoms. The van der Waals surface area contributed by atoms with Crippen LogP contribution in [0.5, 0.6) is 0 Å². The molecule has 3 heterocycles. The molecule has 1 aromatic carbocycles. The first-order valence-electron chi connectivity index (χ1n) is 9.47. The number of carbonyl (C=O) groups excluding carboxylic acids is 3. The lowest BCUT2D eigenvalue weighted by molar-refractivity contribution is -0.134. The van der Waals surface area contributed by atoms with Crippen LogP contribution in [0.4, 0.5) is 9.18 Å². The maximum atomic E-state index is 13.9. The minimum atomic E-state index is -0.985. The van der Waals surface area contributed by atoms with E-state index in [-0.39, 0.29) is 30.7 Å². The average Bonchev–Trinajstić information content (AvgIpc) is 2.91. The molecule has 0 atom stereocenters. The van der Waals surface area contributed by atoms with E-state index in [2.05, 4.69) is 4.98 Å². The standard InChI is InChI=1S/C21H21FN4O3/c1-24-19(28)21(26(20(24)29)14-15-6-3-2-4-7-15)9-12-25(13-10-21)18(27)17-16(22)8-5-11-23-17/h2-8,11H,9-10,12-14H2,1H3. The summed E-state index contributed by atoms with van der Waals surface area (Å²) in [5.74, 6) is -1.43. The van der Waals surface area contributed by atoms with Gasteiger partial charge in [-0.3, -0.25) is 14.5 Å². The highest BCUT2D eigenvalue weighted by molar-refractivity contribution is 6.07. The Morgan fingerprint density at radius 2 is 1.79 bits per heavy atom. The highest BCUT2D eigenvalue weighted by Gasteiger charge is 2.57. The molecule has 29 heavy (non-hydrogen) atoms. The Kier molecular flexibility index (Phi) is 4.77. The van der Waals surface area contributed by atoms with Gasteiger partial charge in [-0.1, -0.05) is 30.3 Å². The first-order chi connectivity index (χ1) is 13.9. The fourth-order valence-corrected chi connectivity index (χ4v) is 4.12. The minimum absolute atomic E-state index is 0.226. The molecule has 0 N–H and O–H groups in total. The van der Waals surface area contributed by atoms with E-state index in [0.717, 1.165) is 10.5 Å². The molecule has 0 saturated carbocycles. The molecule has 1 aromatic heterocycles. The molecule has 0 aliphatic carbocycles. The van der Waals surface area contributed by atoms with Crippen LogP contribution in [0, 0.1) is 5.82 Å². The molecule has 2 aliphatic rings. The van der Waals surface area contributed by atoms with Gasteiger partial charge in [-0.05, 0) is 30.5 Å². The van der Waals surface area contributed by atoms with E-state index < -0.39 is 17.3 Å². The first kappa shape index (κ1) is 19.0. The molecule has 2 aliphatic heterocycles. The Balaban J connectivity index is 1.56. The zero-order valence-electron chi connectivity index (χ0n) is 16.0. The van der Waals surface area contributed by atoms with Crippen molar-refractivity contribution in [3.05, 3.63) is 65.7 Å². The lowest BCUT2D eigenvalue weighted by Gasteiger charge is -2.42. The van der Waals surface area contributed by atoms with Crippen molar-refractivity contribution >= 4 is 17.8 Å². The number of likely N-dealkylation sites (N-methyl/N-ethyl adjacent to an activating group) is 1. The van der Waals surface area contributed by atoms with Gasteiger partial charge in [-0.15, -0.1) is 0 Å². The number of urea groups is 1. The van der Waals surface area contributed by atoms with Crippen molar-refractivity contribution in [1.82, 2.24) is 19.7 Å². The maximum absolute atomic E-state index is 13.9. The summed E-state index contributed by atoms with van der Waals surface area (Å²) >= 11 is 0. The number of piperidine rings is 1. The molecule has 150 valence electrons. The van der Waals surface area contributed by atoms with E-state index in [4.69, 9.17) is 0 Å². The fraction of sp³-hybridized carbons (Fsp3) is 0.333. The third-order valence-electron chi connectivity index (χ3n) is 5.76. The van der Waals surface area contributed by atoms with Crippen molar-refractivity contribution in [2.45, 2.75) is 24.9 Å². The minimum Gasteiger partial charge on any atom is -0.337 e. The lowest BCUT2D eigenvalue weighted by Crippen LogP contribution is -2.57. The summed E-state index contributed by atoms with van der Waals surface area (Å²) in [6.45, 7) is 0.804. The van der Waals surface area contributed by atoms with Crippen molar-refractivity contribution in [3.63, 3.8) is 0 Å². The normalized spacial score (nSPS) is 18.6. The van der Waals surface area contributed by atoms with Gasteiger partial charge in [0, 0.05) is 32.9 Å². The first-order valence-corrected chi connectivity index (χ1v) is 9.47. The highest BCUT2D eigenvalue weighted by Crippen LogP contribution is 2.38. The summed E-state index contributed by atoms with van der Waals surface area (Å²) in [6.07, 6.45) is 1.97. The lowest BCUT2D eigenvalue weighted by atomic mass is 9.85. The fourth-order valence-electron chi connectivity index (χ4n) is 4.12. The van der Waals surface area contributed by atoms with Crippen molar-refractivity contribution in [2.75, 3.05) is 20.1 Å². The molecule has 0 radical (unpaired) electrons. The average molecular weight is 396 g/mol. The highest BCUT2D eigenvalue weighted by atomic mass is 19.1. The van der Waals surface area contributed by atoms with E-state index in [1.165, 1.54) is 30.3 Å². The predicted molar refractivity (Wildman–Crippen MR) is 102 cm³/mol. The zero-order chi connectivity index (χ0) is 20.6. The Morgan fingerprint density at radius 3 is 2.45 bits per heavy atom. The van der Waals surface area contributed by atoms with Crippen LogP contribution in [0.3, 0.4) is 0 Å². The monoisotopic (exact) mass is 396 g/mol. The van der Waals surface area contributed by atoms with Gasteiger partial charge in [0.1, 0.15) is 5.54 Å². The number of likely N-dealkylation sites (tertiary alicyclic amines) is 1. The number of carbonyl (C=O) groups is 3. The van der Waals surface area contributed by atoms with Crippen molar-refractivity contribution in [2.24, 2.45) is 0 Å². The van der Waals surface area contributed by atoms with Crippen molar-refractivity contribution in [3.8, 4) is 0 Å². The van der Waals surface area contributed by atoms with Crippen LogP contribution in [-0.4, -0.2) is 63.2 Å². The molecule has 0 bridgehead atoms. The van der Waals surface area contributed by atoms with Gasteiger partial charge in [0.05, 0.1) is 0 Å². The largest absolute Gasteiger partial charge is 0.337 e. The number of halogens is 1. The smallest absolute Gasteiger partial charge is 0.327 e. The molecular weight excluding hydrogens is 375 g/mol. The predicted octanol–water partition coefficient (Wildman–Crippen LogP) is 2.29. The number of aromatic nitrogens is 1. The summed E-state index contributed by atoms with van der Waals surface area (Å²) in [4.78, 5) is 46.5. The third-order valence-corrected chi connectivity index (χ3v) is 5.76. The van der Waals surface area contributed by atoms with Gasteiger partial charge in [-0.2, -0.15) is 0 Å². The molecule has 2 aromatic rings. The van der Waals surface area contributed by atoms with Gasteiger partial charge < -0.3 is 9.80 Å². The van der Waals surface area contributed by atoms with Crippen LogP contribution < -0.4 is 0 Å². The molecule has 1 spiro atoms. The zero-order valence-corrected chi connectivity index (χ0v) is 16.0. The molecule has 2 saturated heterocycles. The van der Waals surface area contributed by atoms with Gasteiger partial charge in [0.25, 0.3) is 11.8 Å². The molecule has 4 amide bonds. The van der Waals surface area contributed by atoms with Crippen molar-refractivity contribution in [1.29, 1.82) is 0 Å². The second-order valence-electron chi connectivity index (χ2n) is 7.38. The number of imide groups is 1. The summed E-state index contributed by atoms with van der Waals surface area (Å²) in [7, 11) is 1.48. The van der Waals surface area contributed by atoms with Crippen molar-refractivity contribution < 1.29 is 18.8 Å². The second kappa shape index (κ2) is 7.27. The van der Waals surface area contributed by atoms with Crippen LogP contribution >= 0.6 is 0 Å². The number of hydrogen-bond acceptors (Lipinski definition) is 4. The van der Waals surface area contributed by atoms with Crippen LogP contribution in [0.1, 0.15) is 28.9 Å². The van der Waals surface area contributed by atoms with Gasteiger partial charge in [0.2, 0.25) is 0 Å². The number of benzene rings is 1. The van der Waals surface area contributed by atoms with E-state index in [1.54, 1.807) is 4.90 Å². The number of rotatable bonds is 3. The van der Waals surface area contributed by atoms with Crippen LogP contribution in [0.2, 0.25) is 0 Å². The van der Waals surface area contributed by atoms with E-state index in [1.807, 2.05) is 30.3 Å². The third kappa shape index (κ3) is 3.14. The van der Waals surface area contributed by atoms with Crippen LogP contribution in [0.25, 0.3) is 0 Å². The second-order valence-corrected chi connectivity index (χ2v) is 7.38. The molecular formula is C21H21FN4O3. The summed E-state index contributed by atoms with van der Waals surface area (Å²) in [6, 6.07) is 11.8. The number of nitrogens with zero attached hydrogens (tertiary/aromatic N) is 4. The van der Waals surface area contributed by atoms with Gasteiger partial charge in [0.15, 0.2) is 11.5 Å². The van der Waals surface area contributed by atoms with Gasteiger partial charge in [-0.25, -0.2) is 14.2 Å². The summed E-state index contributed by atoms with van der Waals surface area (Å²) in [5.41, 5.74) is -0.283. The van der Waals surface area contributed by atoms with Crippen LogP contribution in [0.15, 0.2) is 48.7 Å². The quantitative estimate of drug-likeness (QED) is 0.747. The Hall–Kier alpha value is -3.29. The maximum Gasteiger partial charge on any atom is 0.327 e. The van der Waals surface area contributed by atoms with E-state index in [9.17, 15) is 18.8 Å². The number of pyridine rings is 1. The van der Waals surface area contributed by atoms with Gasteiger partial charge >= 0.3 is 6.03 Å². The van der Waals surface area contributed by atoms with E-state index >= 15 is 0 Å². The summed E-state index contributed by atoms with van der Waals surface area (Å²) in [5, 5.41) is 0. The number of amides is 4. The summed E-state index contributed by atoms with van der Waals surface area (Å²) < 4.78 is 13.9. The molecule has 2 fully saturated rings. The topological polar surface area (TPSA) is 73.8 Å². The Labute approximate surface area is 167 Å². The van der Waals surface area contributed by atoms with Crippen LogP contribution in [-0.2, 0) is 11.3 Å². The molecule has 0 unspecified atom stereocenters. The molecule has 4 rings (SSSR count). The molecule has 7 nitrogen and oxygen atoms in total. The SMILES string of the molecule is CN1C(=O)N(Cc2ccccc2)C2(CCN(C(=O)c3ncccc3F)CC2)C1=O. The Morgan fingerprint density at radius 1 is 1.10 bits per heavy atom. The van der Waals surface area contributed by atoms with E-state index in [0.29, 0.717) is 19.4 Å². The Bertz CT molecular complexity index is 957. The number of hydrogen-bond donors (Lipinski definition) is 0.